The Morgan fingerprint density at radius 1 is 1.40 bits per heavy atom. The number of carbonyl (C=O) groups excluding carboxylic acids is 2. The molecule has 2 heterocycles. The summed E-state index contributed by atoms with van der Waals surface area (Å²) < 4.78 is 0. The number of nitrogens with zero attached hydrogens (tertiary/aromatic N) is 2. The van der Waals surface area contributed by atoms with Crippen LogP contribution in [-0.2, 0) is 4.79 Å². The van der Waals surface area contributed by atoms with E-state index in [-0.39, 0.29) is 12.5 Å². The van der Waals surface area contributed by atoms with Crippen molar-refractivity contribution >= 4 is 17.6 Å². The molecule has 2 amide bonds. The van der Waals surface area contributed by atoms with E-state index in [9.17, 15) is 9.59 Å². The zero-order valence-electron chi connectivity index (χ0n) is 11.5. The third-order valence-electron chi connectivity index (χ3n) is 3.13. The molecule has 1 aromatic rings. The molecule has 0 aliphatic carbocycles. The lowest BCUT2D eigenvalue weighted by Gasteiger charge is -2.27. The number of hydrogen-bond donors (Lipinski definition) is 3. The van der Waals surface area contributed by atoms with Gasteiger partial charge in [-0.3, -0.25) is 9.59 Å². The SMILES string of the molecule is Cc1cc(C(N)=O)cc(NCC(=O)N2CCNCC2)n1. The first-order valence-electron chi connectivity index (χ1n) is 6.57. The summed E-state index contributed by atoms with van der Waals surface area (Å²) in [7, 11) is 0. The molecule has 4 N–H and O–H groups in total. The molecule has 108 valence electrons. The number of nitrogens with one attached hydrogen (secondary N) is 2. The summed E-state index contributed by atoms with van der Waals surface area (Å²) in [5, 5.41) is 6.14. The zero-order valence-corrected chi connectivity index (χ0v) is 11.5. The number of amides is 2. The number of primary amides is 1. The van der Waals surface area contributed by atoms with Crippen LogP contribution in [0.3, 0.4) is 0 Å². The summed E-state index contributed by atoms with van der Waals surface area (Å²) in [5.74, 6) is 0.00435. The minimum absolute atomic E-state index is 0.0235. The van der Waals surface area contributed by atoms with Crippen LogP contribution in [0.2, 0.25) is 0 Å². The third kappa shape index (κ3) is 3.67. The molecule has 7 heteroatoms. The van der Waals surface area contributed by atoms with E-state index in [1.807, 2.05) is 0 Å². The van der Waals surface area contributed by atoms with Crippen molar-refractivity contribution in [1.82, 2.24) is 15.2 Å². The van der Waals surface area contributed by atoms with Crippen LogP contribution >= 0.6 is 0 Å². The van der Waals surface area contributed by atoms with Crippen LogP contribution in [0.25, 0.3) is 0 Å². The van der Waals surface area contributed by atoms with Crippen molar-refractivity contribution in [3.8, 4) is 0 Å². The number of pyridine rings is 1. The monoisotopic (exact) mass is 277 g/mol. The summed E-state index contributed by atoms with van der Waals surface area (Å²) in [5.41, 5.74) is 6.31. The summed E-state index contributed by atoms with van der Waals surface area (Å²) in [4.78, 5) is 29.2. The van der Waals surface area contributed by atoms with Crippen LogP contribution in [0.1, 0.15) is 16.1 Å². The first-order chi connectivity index (χ1) is 9.56. The van der Waals surface area contributed by atoms with Crippen LogP contribution in [0.4, 0.5) is 5.82 Å². The molecule has 2 rings (SSSR count). The highest BCUT2D eigenvalue weighted by molar-refractivity contribution is 5.93. The van der Waals surface area contributed by atoms with Gasteiger partial charge in [-0.05, 0) is 19.1 Å². The Bertz CT molecular complexity index is 511. The minimum atomic E-state index is -0.507. The van der Waals surface area contributed by atoms with E-state index in [1.54, 1.807) is 24.0 Å². The van der Waals surface area contributed by atoms with E-state index < -0.39 is 5.91 Å². The van der Waals surface area contributed by atoms with Crippen molar-refractivity contribution in [3.63, 3.8) is 0 Å². The van der Waals surface area contributed by atoms with Gasteiger partial charge in [-0.25, -0.2) is 4.98 Å². The average Bonchev–Trinajstić information content (AvgIpc) is 2.45. The highest BCUT2D eigenvalue weighted by Gasteiger charge is 2.16. The van der Waals surface area contributed by atoms with Gasteiger partial charge >= 0.3 is 0 Å². The molecular weight excluding hydrogens is 258 g/mol. The number of aromatic nitrogens is 1. The van der Waals surface area contributed by atoms with Gasteiger partial charge in [0.2, 0.25) is 11.8 Å². The molecule has 1 saturated heterocycles. The van der Waals surface area contributed by atoms with Gasteiger partial charge in [0.25, 0.3) is 0 Å². The molecule has 0 radical (unpaired) electrons. The van der Waals surface area contributed by atoms with Gasteiger partial charge in [0.15, 0.2) is 0 Å². The van der Waals surface area contributed by atoms with E-state index in [0.717, 1.165) is 13.1 Å². The van der Waals surface area contributed by atoms with Crippen LogP contribution < -0.4 is 16.4 Å². The van der Waals surface area contributed by atoms with E-state index in [0.29, 0.717) is 30.2 Å². The molecule has 1 aliphatic rings. The number of aryl methyl sites for hydroxylation is 1. The predicted octanol–water partition coefficient (Wildman–Crippen LogP) is -0.667. The van der Waals surface area contributed by atoms with Gasteiger partial charge in [0, 0.05) is 37.4 Å². The molecule has 1 fully saturated rings. The van der Waals surface area contributed by atoms with E-state index in [2.05, 4.69) is 15.6 Å². The van der Waals surface area contributed by atoms with Gasteiger partial charge in [-0.2, -0.15) is 0 Å². The smallest absolute Gasteiger partial charge is 0.248 e. The lowest BCUT2D eigenvalue weighted by molar-refractivity contribution is -0.129. The Kier molecular flexibility index (Phi) is 4.52. The fraction of sp³-hybridized carbons (Fsp3) is 0.462. The molecule has 0 aromatic carbocycles. The largest absolute Gasteiger partial charge is 0.366 e. The first kappa shape index (κ1) is 14.3. The normalized spacial score (nSPS) is 14.9. The Labute approximate surface area is 117 Å². The van der Waals surface area contributed by atoms with Crippen LogP contribution in [0.5, 0.6) is 0 Å². The number of nitrogens with two attached hydrogens (primary N) is 1. The van der Waals surface area contributed by atoms with Crippen LogP contribution in [0, 0.1) is 6.92 Å². The maximum Gasteiger partial charge on any atom is 0.248 e. The maximum absolute atomic E-state index is 12.0. The Morgan fingerprint density at radius 3 is 2.75 bits per heavy atom. The molecule has 0 bridgehead atoms. The van der Waals surface area contributed by atoms with Crippen molar-refractivity contribution in [2.45, 2.75) is 6.92 Å². The molecule has 20 heavy (non-hydrogen) atoms. The van der Waals surface area contributed by atoms with E-state index in [4.69, 9.17) is 5.73 Å². The van der Waals surface area contributed by atoms with E-state index in [1.165, 1.54) is 0 Å². The van der Waals surface area contributed by atoms with Gasteiger partial charge < -0.3 is 21.3 Å². The second-order valence-corrected chi connectivity index (χ2v) is 4.73. The van der Waals surface area contributed by atoms with Gasteiger partial charge in [0.05, 0.1) is 6.54 Å². The molecule has 1 aliphatic heterocycles. The van der Waals surface area contributed by atoms with Gasteiger partial charge in [-0.15, -0.1) is 0 Å². The summed E-state index contributed by atoms with van der Waals surface area (Å²) in [6.45, 7) is 5.01. The molecule has 0 unspecified atom stereocenters. The number of carbonyl (C=O) groups is 2. The van der Waals surface area contributed by atoms with Crippen LogP contribution in [0.15, 0.2) is 12.1 Å². The van der Waals surface area contributed by atoms with E-state index >= 15 is 0 Å². The van der Waals surface area contributed by atoms with Crippen molar-refractivity contribution in [2.24, 2.45) is 5.73 Å². The summed E-state index contributed by atoms with van der Waals surface area (Å²) in [6, 6.07) is 3.17. The van der Waals surface area contributed by atoms with Crippen molar-refractivity contribution in [3.05, 3.63) is 23.4 Å². The fourth-order valence-electron chi connectivity index (χ4n) is 2.09. The Balaban J connectivity index is 1.96. The Hall–Kier alpha value is -2.15. The van der Waals surface area contributed by atoms with Crippen LogP contribution in [-0.4, -0.2) is 54.4 Å². The van der Waals surface area contributed by atoms with Crippen molar-refractivity contribution in [1.29, 1.82) is 0 Å². The number of rotatable bonds is 4. The first-order valence-corrected chi connectivity index (χ1v) is 6.57. The lowest BCUT2D eigenvalue weighted by Crippen LogP contribution is -2.48. The molecule has 7 nitrogen and oxygen atoms in total. The van der Waals surface area contributed by atoms with Gasteiger partial charge in [0.1, 0.15) is 5.82 Å². The molecule has 0 spiro atoms. The van der Waals surface area contributed by atoms with Crippen molar-refractivity contribution < 1.29 is 9.59 Å². The topological polar surface area (TPSA) is 100 Å². The standard InChI is InChI=1S/C13H19N5O2/c1-9-6-10(13(14)20)7-11(17-9)16-8-12(19)18-4-2-15-3-5-18/h6-7,15H,2-5,8H2,1H3,(H2,14,20)(H,16,17). The molecule has 0 saturated carbocycles. The fourth-order valence-corrected chi connectivity index (χ4v) is 2.09. The van der Waals surface area contributed by atoms with Gasteiger partial charge in [-0.1, -0.05) is 0 Å². The number of piperazine rings is 1. The minimum Gasteiger partial charge on any atom is -0.366 e. The molecular formula is C13H19N5O2. The second kappa shape index (κ2) is 6.33. The quantitative estimate of drug-likeness (QED) is 0.678. The maximum atomic E-state index is 12.0. The molecule has 1 aromatic heterocycles. The zero-order chi connectivity index (χ0) is 14.5. The van der Waals surface area contributed by atoms with Crippen molar-refractivity contribution in [2.75, 3.05) is 38.0 Å². The molecule has 0 atom stereocenters. The lowest BCUT2D eigenvalue weighted by atomic mass is 10.2. The number of anilines is 1. The predicted molar refractivity (Wildman–Crippen MR) is 75.4 cm³/mol. The third-order valence-corrected chi connectivity index (χ3v) is 3.13. The second-order valence-electron chi connectivity index (χ2n) is 4.73. The highest BCUT2D eigenvalue weighted by atomic mass is 16.2. The highest BCUT2D eigenvalue weighted by Crippen LogP contribution is 2.09. The Morgan fingerprint density at radius 2 is 2.10 bits per heavy atom. The number of hydrogen-bond acceptors (Lipinski definition) is 5. The summed E-state index contributed by atoms with van der Waals surface area (Å²) in [6.07, 6.45) is 0. The summed E-state index contributed by atoms with van der Waals surface area (Å²) >= 11 is 0. The average molecular weight is 277 g/mol.